The summed E-state index contributed by atoms with van der Waals surface area (Å²) >= 11 is 0. The molecule has 180 valence electrons. The van der Waals surface area contributed by atoms with Gasteiger partial charge in [-0.05, 0) is 19.2 Å². The van der Waals surface area contributed by atoms with Gasteiger partial charge in [0.2, 0.25) is 0 Å². The first-order chi connectivity index (χ1) is 14.6. The van der Waals surface area contributed by atoms with Crippen LogP contribution in [0, 0.1) is 10.1 Å². The van der Waals surface area contributed by atoms with Crippen molar-refractivity contribution in [1.29, 1.82) is 0 Å². The fraction of sp³-hybridized carbons (Fsp3) is 0.562. The van der Waals surface area contributed by atoms with Crippen molar-refractivity contribution in [3.8, 4) is 5.75 Å². The van der Waals surface area contributed by atoms with E-state index in [0.29, 0.717) is 38.3 Å². The Morgan fingerprint density at radius 1 is 1.12 bits per heavy atom. The van der Waals surface area contributed by atoms with Crippen LogP contribution in [0.25, 0.3) is 0 Å². The lowest BCUT2D eigenvalue weighted by Crippen LogP contribution is -2.54. The van der Waals surface area contributed by atoms with Crippen molar-refractivity contribution >= 4 is 22.4 Å². The number of hydrogen-bond donors (Lipinski definition) is 0. The van der Waals surface area contributed by atoms with E-state index < -0.39 is 61.9 Å². The van der Waals surface area contributed by atoms with Gasteiger partial charge in [0.1, 0.15) is 10.8 Å². The maximum Gasteiger partial charge on any atom is 0.461 e. The van der Waals surface area contributed by atoms with Crippen LogP contribution in [0.15, 0.2) is 23.1 Å². The predicted octanol–water partition coefficient (Wildman–Crippen LogP) is 2.65. The Morgan fingerprint density at radius 2 is 1.69 bits per heavy atom. The van der Waals surface area contributed by atoms with E-state index in [0.717, 1.165) is 0 Å². The molecule has 1 heterocycles. The number of halogens is 7. The number of nitro benzene ring substituents is 1. The maximum atomic E-state index is 13.7. The Hall–Kier alpha value is -2.49. The number of likely N-dealkylation sites (N-methyl/N-ethyl adjacent to an activating group) is 1. The average Bonchev–Trinajstić information content (AvgIpc) is 2.70. The van der Waals surface area contributed by atoms with Gasteiger partial charge in [-0.1, -0.05) is 0 Å². The van der Waals surface area contributed by atoms with Crippen molar-refractivity contribution in [2.24, 2.45) is 0 Å². The summed E-state index contributed by atoms with van der Waals surface area (Å²) in [4.78, 5) is 24.1. The van der Waals surface area contributed by atoms with E-state index in [-0.39, 0.29) is 6.07 Å². The van der Waals surface area contributed by atoms with Gasteiger partial charge >= 0.3 is 23.0 Å². The van der Waals surface area contributed by atoms with Crippen molar-refractivity contribution in [2.75, 3.05) is 39.8 Å². The Kier molecular flexibility index (Phi) is 7.38. The second kappa shape index (κ2) is 9.17. The number of rotatable bonds is 7. The Bertz CT molecular complexity index is 904. The number of nitro groups is 1. The molecule has 1 aromatic carbocycles. The van der Waals surface area contributed by atoms with Crippen LogP contribution in [-0.4, -0.2) is 82.0 Å². The lowest BCUT2D eigenvalue weighted by atomic mass is 10.3. The summed E-state index contributed by atoms with van der Waals surface area (Å²) in [7, 11) is -2.47. The quantitative estimate of drug-likeness (QED) is 0.328. The summed E-state index contributed by atoms with van der Waals surface area (Å²) in [6.07, 6.45) is -6.72. The summed E-state index contributed by atoms with van der Waals surface area (Å²) < 4.78 is 107. The number of ether oxygens (including phenoxy) is 1. The van der Waals surface area contributed by atoms with E-state index in [4.69, 9.17) is 4.74 Å². The van der Waals surface area contributed by atoms with Gasteiger partial charge in [0.25, 0.3) is 5.91 Å². The molecule has 0 aromatic heterocycles. The highest BCUT2D eigenvalue weighted by atomic mass is 32.2. The second-order valence-corrected chi connectivity index (χ2v) is 8.24. The van der Waals surface area contributed by atoms with Gasteiger partial charge in [0.05, 0.1) is 9.82 Å². The van der Waals surface area contributed by atoms with Crippen molar-refractivity contribution in [3.05, 3.63) is 28.3 Å². The molecule has 1 unspecified atom stereocenters. The number of hydrogen-bond acceptors (Lipinski definition) is 6. The van der Waals surface area contributed by atoms with Crippen LogP contribution in [0.2, 0.25) is 0 Å². The zero-order valence-electron chi connectivity index (χ0n) is 16.2. The van der Waals surface area contributed by atoms with E-state index in [9.17, 15) is 49.9 Å². The van der Waals surface area contributed by atoms with Crippen molar-refractivity contribution < 1.29 is 49.4 Å². The van der Waals surface area contributed by atoms with Crippen LogP contribution in [0.1, 0.15) is 0 Å². The molecule has 1 atom stereocenters. The minimum atomic E-state index is -6.72. The van der Waals surface area contributed by atoms with E-state index in [1.807, 2.05) is 11.9 Å². The molecule has 0 saturated carbocycles. The molecular weight excluding hydrogens is 479 g/mol. The zero-order chi connectivity index (χ0) is 24.5. The van der Waals surface area contributed by atoms with Crippen molar-refractivity contribution in [3.63, 3.8) is 0 Å². The standard InChI is InChI=1S/C16H16F7N3O5S/c1-24-4-6-25(7-5-24)13(27)9-31-12-3-2-10(8-11(12)26(28)29)32(30)16(22,23)14(17,18)15(19,20)21/h2-3,8H,4-7,9H2,1H3. The molecule has 8 nitrogen and oxygen atoms in total. The first-order valence-electron chi connectivity index (χ1n) is 8.71. The monoisotopic (exact) mass is 495 g/mol. The number of benzene rings is 1. The number of carbonyl (C=O) groups is 1. The Labute approximate surface area is 178 Å². The third-order valence-corrected chi connectivity index (χ3v) is 5.91. The van der Waals surface area contributed by atoms with Gasteiger partial charge < -0.3 is 14.5 Å². The normalized spacial score (nSPS) is 17.2. The third kappa shape index (κ3) is 5.11. The van der Waals surface area contributed by atoms with E-state index in [2.05, 4.69) is 0 Å². The lowest BCUT2D eigenvalue weighted by molar-refractivity contribution is -0.386. The second-order valence-electron chi connectivity index (χ2n) is 6.72. The lowest BCUT2D eigenvalue weighted by Gasteiger charge is -2.32. The molecule has 0 radical (unpaired) electrons. The molecule has 32 heavy (non-hydrogen) atoms. The molecule has 0 aliphatic carbocycles. The zero-order valence-corrected chi connectivity index (χ0v) is 17.0. The summed E-state index contributed by atoms with van der Waals surface area (Å²) in [5.74, 6) is -7.86. The number of carbonyl (C=O) groups excluding carboxylic acids is 1. The van der Waals surface area contributed by atoms with E-state index in [1.54, 1.807) is 0 Å². The molecule has 1 aromatic rings. The summed E-state index contributed by atoms with van der Waals surface area (Å²) in [6, 6.07) is 1.13. The molecule has 1 amide bonds. The number of piperazine rings is 1. The summed E-state index contributed by atoms with van der Waals surface area (Å²) in [5, 5.41) is 5.08. The van der Waals surface area contributed by atoms with Crippen LogP contribution >= 0.6 is 0 Å². The molecule has 1 saturated heterocycles. The molecule has 0 N–H and O–H groups in total. The Balaban J connectivity index is 2.23. The first kappa shape index (κ1) is 25.8. The topological polar surface area (TPSA) is 93.0 Å². The third-order valence-electron chi connectivity index (χ3n) is 4.50. The number of amides is 1. The van der Waals surface area contributed by atoms with Gasteiger partial charge in [-0.15, -0.1) is 0 Å². The SMILES string of the molecule is CN1CCN(C(=O)COc2ccc(S(=O)C(F)(F)C(F)(F)C(F)(F)F)cc2[N+](=O)[O-])CC1. The fourth-order valence-electron chi connectivity index (χ4n) is 2.59. The van der Waals surface area contributed by atoms with Gasteiger partial charge in [0, 0.05) is 32.2 Å². The molecule has 0 bridgehead atoms. The van der Waals surface area contributed by atoms with Crippen LogP contribution < -0.4 is 4.74 Å². The van der Waals surface area contributed by atoms with Crippen LogP contribution in [0.3, 0.4) is 0 Å². The molecule has 1 fully saturated rings. The highest BCUT2D eigenvalue weighted by molar-refractivity contribution is 7.86. The molecule has 1 aliphatic heterocycles. The molecular formula is C16H16F7N3O5S. The van der Waals surface area contributed by atoms with E-state index >= 15 is 0 Å². The average molecular weight is 495 g/mol. The van der Waals surface area contributed by atoms with Gasteiger partial charge in [-0.25, -0.2) is 4.21 Å². The minimum Gasteiger partial charge on any atom is -0.477 e. The molecule has 1 aliphatic rings. The minimum absolute atomic E-state index is 0.131. The fourth-order valence-corrected chi connectivity index (χ4v) is 3.65. The van der Waals surface area contributed by atoms with Crippen LogP contribution in [0.5, 0.6) is 5.75 Å². The van der Waals surface area contributed by atoms with E-state index in [1.165, 1.54) is 4.90 Å². The van der Waals surface area contributed by atoms with Crippen molar-refractivity contribution in [2.45, 2.75) is 22.2 Å². The number of nitrogens with zero attached hydrogens (tertiary/aromatic N) is 3. The predicted molar refractivity (Wildman–Crippen MR) is 95.0 cm³/mol. The first-order valence-corrected chi connectivity index (χ1v) is 9.86. The number of alkyl halides is 7. The van der Waals surface area contributed by atoms with Gasteiger partial charge in [0.15, 0.2) is 12.4 Å². The van der Waals surface area contributed by atoms with Crippen LogP contribution in [0.4, 0.5) is 36.4 Å². The largest absolute Gasteiger partial charge is 0.477 e. The molecule has 16 heteroatoms. The molecule has 0 spiro atoms. The summed E-state index contributed by atoms with van der Waals surface area (Å²) in [6.45, 7) is 1.18. The van der Waals surface area contributed by atoms with Gasteiger partial charge in [-0.2, -0.15) is 30.7 Å². The summed E-state index contributed by atoms with van der Waals surface area (Å²) in [5.41, 5.74) is -1.15. The highest BCUT2D eigenvalue weighted by Crippen LogP contribution is 2.49. The maximum absolute atomic E-state index is 13.7. The molecule has 2 rings (SSSR count). The van der Waals surface area contributed by atoms with Gasteiger partial charge in [-0.3, -0.25) is 14.9 Å². The van der Waals surface area contributed by atoms with Crippen LogP contribution in [-0.2, 0) is 15.6 Å². The van der Waals surface area contributed by atoms with Crippen molar-refractivity contribution in [1.82, 2.24) is 9.80 Å². The Morgan fingerprint density at radius 3 is 2.19 bits per heavy atom. The highest BCUT2D eigenvalue weighted by Gasteiger charge is 2.76. The smallest absolute Gasteiger partial charge is 0.461 e.